The summed E-state index contributed by atoms with van der Waals surface area (Å²) in [6.45, 7) is 2.51. The van der Waals surface area contributed by atoms with Crippen molar-refractivity contribution in [1.82, 2.24) is 20.2 Å². The fourth-order valence-electron chi connectivity index (χ4n) is 2.80. The molecule has 2 N–H and O–H groups in total. The highest BCUT2D eigenvalue weighted by atomic mass is 16.3. The van der Waals surface area contributed by atoms with Crippen molar-refractivity contribution in [1.29, 1.82) is 0 Å². The molecule has 2 heterocycles. The van der Waals surface area contributed by atoms with Gasteiger partial charge in [0.1, 0.15) is 12.0 Å². The molecule has 2 aromatic rings. The maximum absolute atomic E-state index is 11.9. The predicted molar refractivity (Wildman–Crippen MR) is 85.8 cm³/mol. The lowest BCUT2D eigenvalue weighted by Gasteiger charge is -2.30. The minimum atomic E-state index is -0.606. The van der Waals surface area contributed by atoms with Crippen LogP contribution >= 0.6 is 0 Å². The molecular formula is C17H20N4O2. The first-order valence-electron chi connectivity index (χ1n) is 7.74. The fourth-order valence-corrected chi connectivity index (χ4v) is 2.80. The van der Waals surface area contributed by atoms with Crippen LogP contribution in [0.3, 0.4) is 0 Å². The molecule has 0 aliphatic carbocycles. The van der Waals surface area contributed by atoms with Crippen molar-refractivity contribution in [2.75, 3.05) is 19.6 Å². The Kier molecular flexibility index (Phi) is 4.95. The molecule has 3 rings (SSSR count). The van der Waals surface area contributed by atoms with Crippen LogP contribution in [0.1, 0.15) is 21.6 Å². The highest BCUT2D eigenvalue weighted by Gasteiger charge is 2.19. The van der Waals surface area contributed by atoms with E-state index in [2.05, 4.69) is 38.4 Å². The third-order valence-electron chi connectivity index (χ3n) is 3.99. The Morgan fingerprint density at radius 3 is 2.91 bits per heavy atom. The van der Waals surface area contributed by atoms with Crippen molar-refractivity contribution in [3.05, 3.63) is 59.7 Å². The Morgan fingerprint density at radius 1 is 1.30 bits per heavy atom. The number of rotatable bonds is 5. The molecule has 0 saturated heterocycles. The summed E-state index contributed by atoms with van der Waals surface area (Å²) < 4.78 is 0. The van der Waals surface area contributed by atoms with E-state index in [1.807, 2.05) is 6.07 Å². The normalized spacial score (nSPS) is 15.7. The van der Waals surface area contributed by atoms with Gasteiger partial charge in [-0.15, -0.1) is 0 Å². The topological polar surface area (TPSA) is 78.4 Å². The minimum absolute atomic E-state index is 0.209. The van der Waals surface area contributed by atoms with Crippen molar-refractivity contribution in [2.45, 2.75) is 19.1 Å². The highest BCUT2D eigenvalue weighted by molar-refractivity contribution is 5.92. The average Bonchev–Trinajstić information content (AvgIpc) is 2.60. The maximum atomic E-state index is 11.9. The van der Waals surface area contributed by atoms with Crippen molar-refractivity contribution in [3.63, 3.8) is 0 Å². The quantitative estimate of drug-likeness (QED) is 0.846. The Morgan fingerprint density at radius 2 is 2.13 bits per heavy atom. The van der Waals surface area contributed by atoms with E-state index < -0.39 is 6.10 Å². The van der Waals surface area contributed by atoms with E-state index >= 15 is 0 Å². The lowest BCUT2D eigenvalue weighted by molar-refractivity contribution is 0.0838. The first-order chi connectivity index (χ1) is 11.2. The summed E-state index contributed by atoms with van der Waals surface area (Å²) in [6.07, 6.45) is 3.24. The number of nitrogens with zero attached hydrogens (tertiary/aromatic N) is 3. The zero-order valence-electron chi connectivity index (χ0n) is 12.9. The van der Waals surface area contributed by atoms with Gasteiger partial charge in [-0.2, -0.15) is 0 Å². The monoisotopic (exact) mass is 312 g/mol. The molecule has 23 heavy (non-hydrogen) atoms. The molecule has 1 aromatic carbocycles. The molecule has 0 spiro atoms. The van der Waals surface area contributed by atoms with Crippen LogP contribution in [0, 0.1) is 0 Å². The number of benzene rings is 1. The number of β-amino-alcohol motifs (C(OH)–C–C–N with tert-alkyl or cyclic N) is 1. The predicted octanol–water partition coefficient (Wildman–Crippen LogP) is 0.626. The van der Waals surface area contributed by atoms with Gasteiger partial charge in [-0.1, -0.05) is 24.3 Å². The molecule has 6 heteroatoms. The van der Waals surface area contributed by atoms with Gasteiger partial charge in [0.2, 0.25) is 0 Å². The van der Waals surface area contributed by atoms with E-state index in [0.29, 0.717) is 12.2 Å². The van der Waals surface area contributed by atoms with Gasteiger partial charge in [0.05, 0.1) is 6.10 Å². The zero-order valence-corrected chi connectivity index (χ0v) is 12.9. The Hall–Kier alpha value is -2.31. The minimum Gasteiger partial charge on any atom is -0.390 e. The van der Waals surface area contributed by atoms with E-state index in [4.69, 9.17) is 0 Å². The molecular weight excluding hydrogens is 292 g/mol. The van der Waals surface area contributed by atoms with E-state index in [1.165, 1.54) is 23.7 Å². The highest BCUT2D eigenvalue weighted by Crippen LogP contribution is 2.18. The van der Waals surface area contributed by atoms with Crippen LogP contribution in [0.5, 0.6) is 0 Å². The molecule has 6 nitrogen and oxygen atoms in total. The fraction of sp³-hybridized carbons (Fsp3) is 0.353. The molecule has 0 fully saturated rings. The smallest absolute Gasteiger partial charge is 0.270 e. The van der Waals surface area contributed by atoms with E-state index in [0.717, 1.165) is 19.5 Å². The Balaban J connectivity index is 1.47. The van der Waals surface area contributed by atoms with Crippen molar-refractivity contribution in [2.24, 2.45) is 0 Å². The number of amides is 1. The standard InChI is InChI=1S/C17H20N4O2/c22-15(9-19-17(23)16-5-7-18-12-20-16)11-21-8-6-13-3-1-2-4-14(13)10-21/h1-5,7,12,15,22H,6,8-11H2,(H,19,23)/t15-/m0/s1. The van der Waals surface area contributed by atoms with Crippen molar-refractivity contribution in [3.8, 4) is 0 Å². The molecule has 0 unspecified atom stereocenters. The molecule has 1 aliphatic rings. The zero-order chi connectivity index (χ0) is 16.1. The largest absolute Gasteiger partial charge is 0.390 e. The summed E-state index contributed by atoms with van der Waals surface area (Å²) in [5, 5.41) is 12.9. The van der Waals surface area contributed by atoms with Crippen LogP contribution in [0.15, 0.2) is 42.9 Å². The van der Waals surface area contributed by atoms with Gasteiger partial charge in [-0.05, 0) is 23.6 Å². The summed E-state index contributed by atoms with van der Waals surface area (Å²) in [6, 6.07) is 9.94. The summed E-state index contributed by atoms with van der Waals surface area (Å²) >= 11 is 0. The number of carbonyl (C=O) groups is 1. The van der Waals surface area contributed by atoms with Crippen LogP contribution < -0.4 is 5.32 Å². The number of nitrogens with one attached hydrogen (secondary N) is 1. The molecule has 1 aromatic heterocycles. The second-order valence-electron chi connectivity index (χ2n) is 5.71. The first-order valence-corrected chi connectivity index (χ1v) is 7.74. The molecule has 1 atom stereocenters. The third-order valence-corrected chi connectivity index (χ3v) is 3.99. The number of carbonyl (C=O) groups excluding carboxylic acids is 1. The van der Waals surface area contributed by atoms with Gasteiger partial charge >= 0.3 is 0 Å². The van der Waals surface area contributed by atoms with E-state index in [9.17, 15) is 9.90 Å². The molecule has 120 valence electrons. The second kappa shape index (κ2) is 7.30. The van der Waals surface area contributed by atoms with Gasteiger partial charge in [-0.3, -0.25) is 9.69 Å². The van der Waals surface area contributed by atoms with Crippen LogP contribution in [0.2, 0.25) is 0 Å². The Bertz CT molecular complexity index is 663. The lowest BCUT2D eigenvalue weighted by Crippen LogP contribution is -2.42. The van der Waals surface area contributed by atoms with Crippen LogP contribution in [0.4, 0.5) is 0 Å². The van der Waals surface area contributed by atoms with E-state index in [1.54, 1.807) is 6.07 Å². The van der Waals surface area contributed by atoms with Crippen LogP contribution in [-0.4, -0.2) is 51.6 Å². The molecule has 1 amide bonds. The van der Waals surface area contributed by atoms with Gasteiger partial charge in [0.25, 0.3) is 5.91 Å². The number of aromatic nitrogens is 2. The Labute approximate surface area is 135 Å². The van der Waals surface area contributed by atoms with Crippen molar-refractivity contribution >= 4 is 5.91 Å². The number of fused-ring (bicyclic) bond motifs is 1. The maximum Gasteiger partial charge on any atom is 0.270 e. The van der Waals surface area contributed by atoms with Gasteiger partial charge in [-0.25, -0.2) is 9.97 Å². The number of aliphatic hydroxyl groups is 1. The van der Waals surface area contributed by atoms with Crippen LogP contribution in [0.25, 0.3) is 0 Å². The summed E-state index contributed by atoms with van der Waals surface area (Å²) in [4.78, 5) is 21.7. The van der Waals surface area contributed by atoms with E-state index in [-0.39, 0.29) is 12.5 Å². The number of hydrogen-bond donors (Lipinski definition) is 2. The molecule has 0 bridgehead atoms. The summed E-state index contributed by atoms with van der Waals surface area (Å²) in [7, 11) is 0. The van der Waals surface area contributed by atoms with Crippen molar-refractivity contribution < 1.29 is 9.90 Å². The van der Waals surface area contributed by atoms with Crippen LogP contribution in [-0.2, 0) is 13.0 Å². The average molecular weight is 312 g/mol. The molecule has 0 radical (unpaired) electrons. The lowest BCUT2D eigenvalue weighted by atomic mass is 10.00. The third kappa shape index (κ3) is 4.12. The second-order valence-corrected chi connectivity index (χ2v) is 5.71. The SMILES string of the molecule is O=C(NC[C@H](O)CN1CCc2ccccc2C1)c1ccncn1. The summed E-state index contributed by atoms with van der Waals surface area (Å²) in [5.74, 6) is -0.296. The molecule has 1 aliphatic heterocycles. The number of aliphatic hydroxyl groups excluding tert-OH is 1. The van der Waals surface area contributed by atoms with Gasteiger partial charge in [0.15, 0.2) is 0 Å². The van der Waals surface area contributed by atoms with Gasteiger partial charge in [0, 0.05) is 32.4 Å². The molecule has 0 saturated carbocycles. The first kappa shape index (κ1) is 15.6. The van der Waals surface area contributed by atoms with Gasteiger partial charge < -0.3 is 10.4 Å². The summed E-state index contributed by atoms with van der Waals surface area (Å²) in [5.41, 5.74) is 3.00. The number of hydrogen-bond acceptors (Lipinski definition) is 5.